The topological polar surface area (TPSA) is 25.2 Å². The highest BCUT2D eigenvalue weighted by Crippen LogP contribution is 2.26. The van der Waals surface area contributed by atoms with Crippen molar-refractivity contribution in [3.8, 4) is 11.3 Å². The van der Waals surface area contributed by atoms with Gasteiger partial charge in [-0.1, -0.05) is 38.1 Å². The van der Waals surface area contributed by atoms with E-state index in [2.05, 4.69) is 55.6 Å². The van der Waals surface area contributed by atoms with Gasteiger partial charge in [0.05, 0.1) is 6.54 Å². The maximum atomic E-state index is 5.91. The average Bonchev–Trinajstić information content (AvgIpc) is 3.21. The predicted molar refractivity (Wildman–Crippen MR) is 82.7 cm³/mol. The van der Waals surface area contributed by atoms with Gasteiger partial charge in [0.15, 0.2) is 0 Å². The molecule has 1 aromatic heterocycles. The molecule has 1 saturated carbocycles. The Morgan fingerprint density at radius 2 is 1.90 bits per heavy atom. The van der Waals surface area contributed by atoms with Crippen molar-refractivity contribution in [2.24, 2.45) is 0 Å². The monoisotopic (exact) mass is 269 g/mol. The van der Waals surface area contributed by atoms with Crippen LogP contribution in [0.2, 0.25) is 0 Å². The molecule has 0 aliphatic heterocycles. The minimum atomic E-state index is 0.624. The van der Waals surface area contributed by atoms with E-state index in [1.54, 1.807) is 0 Å². The summed E-state index contributed by atoms with van der Waals surface area (Å²) >= 11 is 0. The molecular formula is C18H23NO. The fourth-order valence-corrected chi connectivity index (χ4v) is 2.37. The van der Waals surface area contributed by atoms with Crippen LogP contribution in [0.5, 0.6) is 0 Å². The standard InChI is InChI=1S/C18H23NO/c1-3-13(2)14-4-6-15(7-5-14)18-11-10-17(20-18)12-19-16-8-9-16/h4-7,10-11,13,16,19H,3,8-9,12H2,1-2H3. The minimum Gasteiger partial charge on any atom is -0.460 e. The normalized spacial score (nSPS) is 16.3. The third kappa shape index (κ3) is 3.13. The molecule has 2 heteroatoms. The van der Waals surface area contributed by atoms with Crippen molar-refractivity contribution in [3.05, 3.63) is 47.7 Å². The zero-order chi connectivity index (χ0) is 13.9. The fourth-order valence-electron chi connectivity index (χ4n) is 2.37. The summed E-state index contributed by atoms with van der Waals surface area (Å²) < 4.78 is 5.91. The van der Waals surface area contributed by atoms with Gasteiger partial charge < -0.3 is 9.73 Å². The first-order valence-corrected chi connectivity index (χ1v) is 7.68. The summed E-state index contributed by atoms with van der Waals surface area (Å²) in [6, 6.07) is 13.6. The minimum absolute atomic E-state index is 0.624. The van der Waals surface area contributed by atoms with E-state index in [0.29, 0.717) is 5.92 Å². The molecule has 0 spiro atoms. The van der Waals surface area contributed by atoms with E-state index < -0.39 is 0 Å². The van der Waals surface area contributed by atoms with E-state index >= 15 is 0 Å². The van der Waals surface area contributed by atoms with Crippen LogP contribution in [-0.2, 0) is 6.54 Å². The Bertz CT molecular complexity index is 551. The van der Waals surface area contributed by atoms with Crippen molar-refractivity contribution >= 4 is 0 Å². The molecule has 3 rings (SSSR count). The molecule has 1 unspecified atom stereocenters. The van der Waals surface area contributed by atoms with E-state index in [1.807, 2.05) is 0 Å². The van der Waals surface area contributed by atoms with Gasteiger partial charge in [0.25, 0.3) is 0 Å². The zero-order valence-electron chi connectivity index (χ0n) is 12.4. The van der Waals surface area contributed by atoms with Gasteiger partial charge in [-0.05, 0) is 42.9 Å². The van der Waals surface area contributed by atoms with Gasteiger partial charge >= 0.3 is 0 Å². The molecule has 1 heterocycles. The van der Waals surface area contributed by atoms with Crippen LogP contribution >= 0.6 is 0 Å². The highest BCUT2D eigenvalue weighted by Gasteiger charge is 2.20. The van der Waals surface area contributed by atoms with Crippen LogP contribution in [0.4, 0.5) is 0 Å². The number of benzene rings is 1. The van der Waals surface area contributed by atoms with Crippen LogP contribution in [0.25, 0.3) is 11.3 Å². The quantitative estimate of drug-likeness (QED) is 0.821. The lowest BCUT2D eigenvalue weighted by atomic mass is 9.97. The third-order valence-electron chi connectivity index (χ3n) is 4.18. The third-order valence-corrected chi connectivity index (χ3v) is 4.18. The maximum Gasteiger partial charge on any atom is 0.134 e. The molecule has 2 nitrogen and oxygen atoms in total. The number of hydrogen-bond acceptors (Lipinski definition) is 2. The molecule has 1 aromatic carbocycles. The second kappa shape index (κ2) is 5.84. The van der Waals surface area contributed by atoms with Crippen LogP contribution in [0.15, 0.2) is 40.8 Å². The SMILES string of the molecule is CCC(C)c1ccc(-c2ccc(CNC3CC3)o2)cc1. The first-order valence-electron chi connectivity index (χ1n) is 7.68. The smallest absolute Gasteiger partial charge is 0.134 e. The first kappa shape index (κ1) is 13.4. The van der Waals surface area contributed by atoms with Crippen molar-refractivity contribution in [1.29, 1.82) is 0 Å². The predicted octanol–water partition coefficient (Wildman–Crippen LogP) is 4.71. The fraction of sp³-hybridized carbons (Fsp3) is 0.444. The largest absolute Gasteiger partial charge is 0.460 e. The van der Waals surface area contributed by atoms with Crippen LogP contribution in [0.1, 0.15) is 50.4 Å². The highest BCUT2D eigenvalue weighted by atomic mass is 16.3. The summed E-state index contributed by atoms with van der Waals surface area (Å²) in [7, 11) is 0. The van der Waals surface area contributed by atoms with E-state index in [0.717, 1.165) is 29.7 Å². The Labute approximate surface area is 121 Å². The van der Waals surface area contributed by atoms with Gasteiger partial charge in [0.2, 0.25) is 0 Å². The lowest BCUT2D eigenvalue weighted by Crippen LogP contribution is -2.14. The highest BCUT2D eigenvalue weighted by molar-refractivity contribution is 5.58. The number of hydrogen-bond donors (Lipinski definition) is 1. The van der Waals surface area contributed by atoms with E-state index in [9.17, 15) is 0 Å². The van der Waals surface area contributed by atoms with Crippen molar-refractivity contribution in [2.75, 3.05) is 0 Å². The molecule has 1 aliphatic rings. The van der Waals surface area contributed by atoms with Crippen molar-refractivity contribution in [2.45, 2.75) is 51.6 Å². The molecule has 2 aromatic rings. The lowest BCUT2D eigenvalue weighted by Gasteiger charge is -2.08. The Morgan fingerprint density at radius 1 is 1.15 bits per heavy atom. The van der Waals surface area contributed by atoms with Crippen LogP contribution in [0, 0.1) is 0 Å². The van der Waals surface area contributed by atoms with Crippen LogP contribution in [0.3, 0.4) is 0 Å². The van der Waals surface area contributed by atoms with Gasteiger partial charge in [-0.25, -0.2) is 0 Å². The summed E-state index contributed by atoms with van der Waals surface area (Å²) in [6.45, 7) is 5.34. The van der Waals surface area contributed by atoms with Crippen molar-refractivity contribution in [1.82, 2.24) is 5.32 Å². The molecule has 1 N–H and O–H groups in total. The van der Waals surface area contributed by atoms with Gasteiger partial charge in [-0.2, -0.15) is 0 Å². The van der Waals surface area contributed by atoms with E-state index in [-0.39, 0.29) is 0 Å². The first-order chi connectivity index (χ1) is 9.76. The van der Waals surface area contributed by atoms with E-state index in [4.69, 9.17) is 4.42 Å². The molecule has 1 fully saturated rings. The molecule has 0 radical (unpaired) electrons. The Morgan fingerprint density at radius 3 is 2.55 bits per heavy atom. The van der Waals surface area contributed by atoms with Crippen LogP contribution in [-0.4, -0.2) is 6.04 Å². The summed E-state index contributed by atoms with van der Waals surface area (Å²) in [5.41, 5.74) is 2.56. The van der Waals surface area contributed by atoms with Gasteiger partial charge in [0, 0.05) is 11.6 Å². The number of nitrogens with one attached hydrogen (secondary N) is 1. The molecule has 106 valence electrons. The lowest BCUT2D eigenvalue weighted by molar-refractivity contribution is 0.492. The molecule has 0 saturated heterocycles. The van der Waals surface area contributed by atoms with E-state index in [1.165, 1.54) is 24.8 Å². The number of rotatable bonds is 6. The molecule has 20 heavy (non-hydrogen) atoms. The zero-order valence-corrected chi connectivity index (χ0v) is 12.4. The summed E-state index contributed by atoms with van der Waals surface area (Å²) in [6.07, 6.45) is 3.80. The second-order valence-electron chi connectivity index (χ2n) is 5.85. The Balaban J connectivity index is 1.68. The number of furan rings is 1. The van der Waals surface area contributed by atoms with Crippen molar-refractivity contribution in [3.63, 3.8) is 0 Å². The molecule has 1 atom stereocenters. The van der Waals surface area contributed by atoms with Gasteiger partial charge in [-0.15, -0.1) is 0 Å². The molecule has 0 amide bonds. The molecule has 1 aliphatic carbocycles. The Hall–Kier alpha value is -1.54. The maximum absolute atomic E-state index is 5.91. The second-order valence-corrected chi connectivity index (χ2v) is 5.85. The Kier molecular flexibility index (Phi) is 3.93. The van der Waals surface area contributed by atoms with Gasteiger partial charge in [-0.3, -0.25) is 0 Å². The summed E-state index contributed by atoms with van der Waals surface area (Å²) in [5, 5.41) is 3.48. The van der Waals surface area contributed by atoms with Crippen LogP contribution < -0.4 is 5.32 Å². The van der Waals surface area contributed by atoms with Gasteiger partial charge in [0.1, 0.15) is 11.5 Å². The molecular weight excluding hydrogens is 246 g/mol. The van der Waals surface area contributed by atoms with Crippen molar-refractivity contribution < 1.29 is 4.42 Å². The summed E-state index contributed by atoms with van der Waals surface area (Å²) in [4.78, 5) is 0. The summed E-state index contributed by atoms with van der Waals surface area (Å²) in [5.74, 6) is 2.62. The molecule has 0 bridgehead atoms. The average molecular weight is 269 g/mol.